The SMILES string of the molecule is CCc1nn[c]n1C1CC1. The number of rotatable bonds is 2. The molecule has 1 aromatic rings. The van der Waals surface area contributed by atoms with E-state index in [4.69, 9.17) is 0 Å². The zero-order chi connectivity index (χ0) is 6.97. The maximum absolute atomic E-state index is 3.95. The van der Waals surface area contributed by atoms with Gasteiger partial charge in [-0.25, -0.2) is 0 Å². The van der Waals surface area contributed by atoms with Gasteiger partial charge in [-0.15, -0.1) is 10.2 Å². The molecule has 0 aliphatic heterocycles. The lowest BCUT2D eigenvalue weighted by Crippen LogP contribution is -1.98. The molecule has 0 amide bonds. The Morgan fingerprint density at radius 3 is 3.10 bits per heavy atom. The van der Waals surface area contributed by atoms with Crippen LogP contribution >= 0.6 is 0 Å². The van der Waals surface area contributed by atoms with Gasteiger partial charge in [0.05, 0.1) is 0 Å². The van der Waals surface area contributed by atoms with Crippen molar-refractivity contribution in [3.63, 3.8) is 0 Å². The Balaban J connectivity index is 2.28. The van der Waals surface area contributed by atoms with Gasteiger partial charge in [0.1, 0.15) is 5.82 Å². The summed E-state index contributed by atoms with van der Waals surface area (Å²) >= 11 is 0. The summed E-state index contributed by atoms with van der Waals surface area (Å²) in [6, 6.07) is 0.671. The van der Waals surface area contributed by atoms with Crippen LogP contribution < -0.4 is 0 Å². The Morgan fingerprint density at radius 1 is 1.70 bits per heavy atom. The van der Waals surface area contributed by atoms with Crippen molar-refractivity contribution in [2.45, 2.75) is 32.2 Å². The summed E-state index contributed by atoms with van der Waals surface area (Å²) in [6.45, 7) is 2.09. The van der Waals surface area contributed by atoms with Crippen LogP contribution in [0.15, 0.2) is 0 Å². The highest BCUT2D eigenvalue weighted by molar-refractivity contribution is 4.92. The summed E-state index contributed by atoms with van der Waals surface area (Å²) in [5.41, 5.74) is 0. The third kappa shape index (κ3) is 0.818. The molecule has 0 bridgehead atoms. The van der Waals surface area contributed by atoms with Crippen molar-refractivity contribution >= 4 is 0 Å². The lowest BCUT2D eigenvalue weighted by atomic mass is 10.4. The van der Waals surface area contributed by atoms with Crippen molar-refractivity contribution in [1.29, 1.82) is 0 Å². The minimum absolute atomic E-state index is 0.671. The molecule has 0 spiro atoms. The van der Waals surface area contributed by atoms with Gasteiger partial charge < -0.3 is 4.57 Å². The first-order valence-corrected chi connectivity index (χ1v) is 3.73. The second-order valence-corrected chi connectivity index (χ2v) is 2.67. The number of aryl methyl sites for hydroxylation is 1. The maximum atomic E-state index is 3.95. The van der Waals surface area contributed by atoms with Crippen LogP contribution in [0.3, 0.4) is 0 Å². The van der Waals surface area contributed by atoms with E-state index in [0.717, 1.165) is 12.2 Å². The quantitative estimate of drug-likeness (QED) is 0.606. The summed E-state index contributed by atoms with van der Waals surface area (Å²) in [5.74, 6) is 1.07. The number of aromatic nitrogens is 3. The molecule has 3 nitrogen and oxygen atoms in total. The Morgan fingerprint density at radius 2 is 2.50 bits per heavy atom. The van der Waals surface area contributed by atoms with E-state index in [1.165, 1.54) is 12.8 Å². The van der Waals surface area contributed by atoms with Gasteiger partial charge in [-0.3, -0.25) is 0 Å². The normalized spacial score (nSPS) is 17.7. The number of nitrogens with zero attached hydrogens (tertiary/aromatic N) is 3. The number of hydrogen-bond donors (Lipinski definition) is 0. The van der Waals surface area contributed by atoms with Gasteiger partial charge >= 0.3 is 0 Å². The van der Waals surface area contributed by atoms with Crippen LogP contribution in [0.25, 0.3) is 0 Å². The minimum atomic E-state index is 0.671. The molecular weight excluding hydrogens is 126 g/mol. The van der Waals surface area contributed by atoms with Gasteiger partial charge in [0.15, 0.2) is 0 Å². The third-order valence-corrected chi connectivity index (χ3v) is 1.82. The lowest BCUT2D eigenvalue weighted by molar-refractivity contribution is 0.683. The molecular formula is C7H10N3. The molecule has 0 saturated heterocycles. The van der Waals surface area contributed by atoms with Gasteiger partial charge in [-0.1, -0.05) is 6.92 Å². The van der Waals surface area contributed by atoms with Crippen LogP contribution in [0.4, 0.5) is 0 Å². The molecule has 1 saturated carbocycles. The first-order chi connectivity index (χ1) is 4.92. The number of hydrogen-bond acceptors (Lipinski definition) is 2. The zero-order valence-electron chi connectivity index (χ0n) is 6.04. The van der Waals surface area contributed by atoms with Gasteiger partial charge in [0.2, 0.25) is 6.33 Å². The van der Waals surface area contributed by atoms with Gasteiger partial charge in [0.25, 0.3) is 0 Å². The van der Waals surface area contributed by atoms with E-state index < -0.39 is 0 Å². The second kappa shape index (κ2) is 2.08. The van der Waals surface area contributed by atoms with E-state index in [2.05, 4.69) is 28.0 Å². The molecule has 3 heteroatoms. The van der Waals surface area contributed by atoms with E-state index in [-0.39, 0.29) is 0 Å². The van der Waals surface area contributed by atoms with Gasteiger partial charge in [-0.05, 0) is 12.8 Å². The first-order valence-electron chi connectivity index (χ1n) is 3.73. The molecule has 1 radical (unpaired) electrons. The maximum Gasteiger partial charge on any atom is 0.202 e. The molecule has 0 aromatic carbocycles. The molecule has 2 rings (SSSR count). The molecule has 10 heavy (non-hydrogen) atoms. The minimum Gasteiger partial charge on any atom is -0.305 e. The predicted molar refractivity (Wildman–Crippen MR) is 36.5 cm³/mol. The summed E-state index contributed by atoms with van der Waals surface area (Å²) in [7, 11) is 0. The Hall–Kier alpha value is -0.860. The summed E-state index contributed by atoms with van der Waals surface area (Å²) in [5, 5.41) is 7.70. The van der Waals surface area contributed by atoms with Crippen LogP contribution in [-0.4, -0.2) is 14.8 Å². The lowest BCUT2D eigenvalue weighted by Gasteiger charge is -1.98. The van der Waals surface area contributed by atoms with Crippen LogP contribution in [0.5, 0.6) is 0 Å². The fourth-order valence-corrected chi connectivity index (χ4v) is 1.10. The fourth-order valence-electron chi connectivity index (χ4n) is 1.10. The van der Waals surface area contributed by atoms with Gasteiger partial charge in [-0.2, -0.15) is 0 Å². The highest BCUT2D eigenvalue weighted by atomic mass is 15.3. The standard InChI is InChI=1S/C7H10N3/c1-2-7-9-8-5-10(7)6-3-4-6/h6H,2-4H2,1H3. The fraction of sp³-hybridized carbons (Fsp3) is 0.714. The van der Waals surface area contributed by atoms with Crippen molar-refractivity contribution < 1.29 is 0 Å². The predicted octanol–water partition coefficient (Wildman–Crippen LogP) is 0.976. The van der Waals surface area contributed by atoms with Crippen molar-refractivity contribution in [3.8, 4) is 0 Å². The first kappa shape index (κ1) is 5.89. The topological polar surface area (TPSA) is 30.7 Å². The highest BCUT2D eigenvalue weighted by Crippen LogP contribution is 2.34. The van der Waals surface area contributed by atoms with E-state index in [0.29, 0.717) is 6.04 Å². The third-order valence-electron chi connectivity index (χ3n) is 1.82. The van der Waals surface area contributed by atoms with Crippen molar-refractivity contribution in [1.82, 2.24) is 14.8 Å². The van der Waals surface area contributed by atoms with Crippen LogP contribution in [-0.2, 0) is 6.42 Å². The summed E-state index contributed by atoms with van der Waals surface area (Å²) in [6.07, 6.45) is 6.40. The summed E-state index contributed by atoms with van der Waals surface area (Å²) < 4.78 is 2.07. The van der Waals surface area contributed by atoms with E-state index in [1.54, 1.807) is 0 Å². The molecule has 1 aliphatic rings. The average Bonchev–Trinajstić information content (AvgIpc) is 2.69. The summed E-state index contributed by atoms with van der Waals surface area (Å²) in [4.78, 5) is 0. The van der Waals surface area contributed by atoms with E-state index >= 15 is 0 Å². The zero-order valence-corrected chi connectivity index (χ0v) is 6.04. The molecule has 53 valence electrons. The van der Waals surface area contributed by atoms with Crippen molar-refractivity contribution in [2.75, 3.05) is 0 Å². The van der Waals surface area contributed by atoms with Crippen LogP contribution in [0, 0.1) is 6.33 Å². The average molecular weight is 136 g/mol. The Kier molecular flexibility index (Phi) is 1.22. The van der Waals surface area contributed by atoms with E-state index in [1.807, 2.05) is 0 Å². The monoisotopic (exact) mass is 136 g/mol. The van der Waals surface area contributed by atoms with Gasteiger partial charge in [0, 0.05) is 12.5 Å². The highest BCUT2D eigenvalue weighted by Gasteiger charge is 2.25. The van der Waals surface area contributed by atoms with E-state index in [9.17, 15) is 0 Å². The van der Waals surface area contributed by atoms with Crippen LogP contribution in [0.2, 0.25) is 0 Å². The van der Waals surface area contributed by atoms with Crippen LogP contribution in [0.1, 0.15) is 31.6 Å². The largest absolute Gasteiger partial charge is 0.305 e. The molecule has 1 fully saturated rings. The molecule has 0 unspecified atom stereocenters. The molecule has 1 aliphatic carbocycles. The molecule has 1 heterocycles. The Bertz CT molecular complexity index is 225. The molecule has 0 atom stereocenters. The second-order valence-electron chi connectivity index (χ2n) is 2.67. The smallest absolute Gasteiger partial charge is 0.202 e. The molecule has 1 aromatic heterocycles. The van der Waals surface area contributed by atoms with Crippen molar-refractivity contribution in [2.24, 2.45) is 0 Å². The molecule has 0 N–H and O–H groups in total. The Labute approximate surface area is 60.1 Å². The van der Waals surface area contributed by atoms with Crippen molar-refractivity contribution in [3.05, 3.63) is 12.2 Å².